The van der Waals surface area contributed by atoms with E-state index in [1.54, 1.807) is 7.11 Å². The Kier molecular flexibility index (Phi) is 2.47. The van der Waals surface area contributed by atoms with Gasteiger partial charge in [-0.25, -0.2) is 0 Å². The molecule has 1 unspecified atom stereocenters. The molecule has 15 heavy (non-hydrogen) atoms. The van der Waals surface area contributed by atoms with Gasteiger partial charge in [-0.1, -0.05) is 6.07 Å². The Hall–Kier alpha value is -1.02. The van der Waals surface area contributed by atoms with Crippen LogP contribution in [0.3, 0.4) is 0 Å². The van der Waals surface area contributed by atoms with Crippen molar-refractivity contribution in [2.75, 3.05) is 7.11 Å². The van der Waals surface area contributed by atoms with Crippen molar-refractivity contribution in [3.8, 4) is 5.75 Å². The van der Waals surface area contributed by atoms with E-state index in [2.05, 4.69) is 0 Å². The van der Waals surface area contributed by atoms with Crippen LogP contribution in [0.1, 0.15) is 30.9 Å². The minimum absolute atomic E-state index is 0.435. The number of aliphatic hydroxyl groups is 1. The van der Waals surface area contributed by atoms with Gasteiger partial charge in [0.1, 0.15) is 5.75 Å². The van der Waals surface area contributed by atoms with Crippen molar-refractivity contribution in [2.45, 2.75) is 32.3 Å². The summed E-state index contributed by atoms with van der Waals surface area (Å²) in [6, 6.07) is 5.87. The second kappa shape index (κ2) is 3.53. The molecule has 2 heteroatoms. The number of hydrogen-bond acceptors (Lipinski definition) is 2. The SMILES string of the molecule is COc1ccc(C(C)(O)C2CC2)c(C)c1. The van der Waals surface area contributed by atoms with Gasteiger partial charge in [0, 0.05) is 0 Å². The maximum Gasteiger partial charge on any atom is 0.119 e. The molecule has 0 spiro atoms. The van der Waals surface area contributed by atoms with Crippen molar-refractivity contribution >= 4 is 0 Å². The van der Waals surface area contributed by atoms with Gasteiger partial charge in [0.05, 0.1) is 12.7 Å². The van der Waals surface area contributed by atoms with Crippen LogP contribution in [0.5, 0.6) is 5.75 Å². The molecule has 1 N–H and O–H groups in total. The minimum atomic E-state index is -0.670. The van der Waals surface area contributed by atoms with Gasteiger partial charge in [-0.2, -0.15) is 0 Å². The third-order valence-electron chi connectivity index (χ3n) is 3.35. The van der Waals surface area contributed by atoms with E-state index >= 15 is 0 Å². The second-order valence-electron chi connectivity index (χ2n) is 4.60. The van der Waals surface area contributed by atoms with E-state index in [9.17, 15) is 5.11 Å². The molecule has 0 radical (unpaired) electrons. The molecule has 0 saturated heterocycles. The highest BCUT2D eigenvalue weighted by Crippen LogP contribution is 2.46. The van der Waals surface area contributed by atoms with Crippen molar-refractivity contribution in [3.05, 3.63) is 29.3 Å². The van der Waals surface area contributed by atoms with Gasteiger partial charge in [0.15, 0.2) is 0 Å². The lowest BCUT2D eigenvalue weighted by Crippen LogP contribution is -2.24. The van der Waals surface area contributed by atoms with Crippen LogP contribution >= 0.6 is 0 Å². The molecule has 1 atom stereocenters. The molecule has 1 saturated carbocycles. The highest BCUT2D eigenvalue weighted by molar-refractivity contribution is 5.38. The summed E-state index contributed by atoms with van der Waals surface area (Å²) < 4.78 is 5.16. The molecule has 0 aliphatic heterocycles. The van der Waals surface area contributed by atoms with Crippen LogP contribution in [0.15, 0.2) is 18.2 Å². The van der Waals surface area contributed by atoms with Gasteiger partial charge in [-0.05, 0) is 55.9 Å². The zero-order chi connectivity index (χ0) is 11.1. The largest absolute Gasteiger partial charge is 0.497 e. The highest BCUT2D eigenvalue weighted by Gasteiger charge is 2.41. The van der Waals surface area contributed by atoms with Crippen molar-refractivity contribution in [1.29, 1.82) is 0 Å². The molecule has 0 bridgehead atoms. The smallest absolute Gasteiger partial charge is 0.119 e. The third kappa shape index (κ3) is 1.86. The fourth-order valence-electron chi connectivity index (χ4n) is 2.20. The molecule has 82 valence electrons. The monoisotopic (exact) mass is 206 g/mol. The number of benzene rings is 1. The Bertz CT molecular complexity index is 365. The number of hydrogen-bond donors (Lipinski definition) is 1. The fourth-order valence-corrected chi connectivity index (χ4v) is 2.20. The topological polar surface area (TPSA) is 29.5 Å². The predicted octanol–water partition coefficient (Wildman–Crippen LogP) is 2.62. The first-order valence-corrected chi connectivity index (χ1v) is 5.43. The Morgan fingerprint density at radius 2 is 2.07 bits per heavy atom. The van der Waals surface area contributed by atoms with Crippen LogP contribution in [-0.2, 0) is 5.60 Å². The Morgan fingerprint density at radius 3 is 2.53 bits per heavy atom. The molecule has 1 aliphatic rings. The van der Waals surface area contributed by atoms with Gasteiger partial charge in [0.25, 0.3) is 0 Å². The molecule has 0 aromatic heterocycles. The van der Waals surface area contributed by atoms with Crippen molar-refractivity contribution in [2.24, 2.45) is 5.92 Å². The number of aryl methyl sites for hydroxylation is 1. The second-order valence-corrected chi connectivity index (χ2v) is 4.60. The number of methoxy groups -OCH3 is 1. The summed E-state index contributed by atoms with van der Waals surface area (Å²) in [6.45, 7) is 3.94. The van der Waals surface area contributed by atoms with Gasteiger partial charge >= 0.3 is 0 Å². The standard InChI is InChI=1S/C13H18O2/c1-9-8-11(15-3)6-7-12(9)13(2,14)10-4-5-10/h6-8,10,14H,4-5H2,1-3H3. The molecule has 0 amide bonds. The zero-order valence-corrected chi connectivity index (χ0v) is 9.58. The summed E-state index contributed by atoms with van der Waals surface area (Å²) in [6.07, 6.45) is 2.27. The summed E-state index contributed by atoms with van der Waals surface area (Å²) >= 11 is 0. The molecule has 1 aromatic rings. The lowest BCUT2D eigenvalue weighted by Gasteiger charge is -2.25. The maximum absolute atomic E-state index is 10.4. The van der Waals surface area contributed by atoms with E-state index in [0.29, 0.717) is 5.92 Å². The van der Waals surface area contributed by atoms with Crippen LogP contribution in [0, 0.1) is 12.8 Å². The third-order valence-corrected chi connectivity index (χ3v) is 3.35. The summed E-state index contributed by atoms with van der Waals surface area (Å²) in [7, 11) is 1.66. The summed E-state index contributed by atoms with van der Waals surface area (Å²) in [5.41, 5.74) is 1.47. The average Bonchev–Trinajstić information content (AvgIpc) is 3.00. The van der Waals surface area contributed by atoms with E-state index in [0.717, 1.165) is 29.7 Å². The molecule has 0 heterocycles. The lowest BCUT2D eigenvalue weighted by molar-refractivity contribution is 0.0324. The van der Waals surface area contributed by atoms with Crippen molar-refractivity contribution in [1.82, 2.24) is 0 Å². The molecule has 2 rings (SSSR count). The molecule has 2 nitrogen and oxygen atoms in total. The first kappa shape index (κ1) is 10.5. The maximum atomic E-state index is 10.4. The first-order valence-electron chi connectivity index (χ1n) is 5.43. The normalized spacial score (nSPS) is 19.7. The molecule has 1 fully saturated rings. The highest BCUT2D eigenvalue weighted by atomic mass is 16.5. The van der Waals surface area contributed by atoms with Crippen LogP contribution < -0.4 is 4.74 Å². The van der Waals surface area contributed by atoms with Crippen LogP contribution in [0.25, 0.3) is 0 Å². The van der Waals surface area contributed by atoms with Gasteiger partial charge in [-0.15, -0.1) is 0 Å². The summed E-state index contributed by atoms with van der Waals surface area (Å²) in [5.74, 6) is 1.28. The fraction of sp³-hybridized carbons (Fsp3) is 0.538. The van der Waals surface area contributed by atoms with Crippen LogP contribution in [0.2, 0.25) is 0 Å². The Balaban J connectivity index is 2.35. The quantitative estimate of drug-likeness (QED) is 0.823. The van der Waals surface area contributed by atoms with Gasteiger partial charge in [0.2, 0.25) is 0 Å². The zero-order valence-electron chi connectivity index (χ0n) is 9.58. The van der Waals surface area contributed by atoms with E-state index in [1.165, 1.54) is 0 Å². The Morgan fingerprint density at radius 1 is 1.40 bits per heavy atom. The van der Waals surface area contributed by atoms with Gasteiger partial charge < -0.3 is 9.84 Å². The molecular formula is C13H18O2. The minimum Gasteiger partial charge on any atom is -0.497 e. The van der Waals surface area contributed by atoms with Crippen molar-refractivity contribution in [3.63, 3.8) is 0 Å². The van der Waals surface area contributed by atoms with Crippen molar-refractivity contribution < 1.29 is 9.84 Å². The van der Waals surface area contributed by atoms with Crippen LogP contribution in [-0.4, -0.2) is 12.2 Å². The van der Waals surface area contributed by atoms with E-state index < -0.39 is 5.60 Å². The Labute approximate surface area is 90.9 Å². The lowest BCUT2D eigenvalue weighted by atomic mass is 9.88. The van der Waals surface area contributed by atoms with E-state index in [1.807, 2.05) is 32.0 Å². The summed E-state index contributed by atoms with van der Waals surface area (Å²) in [4.78, 5) is 0. The predicted molar refractivity (Wildman–Crippen MR) is 60.0 cm³/mol. The van der Waals surface area contributed by atoms with E-state index in [4.69, 9.17) is 4.74 Å². The molecule has 1 aliphatic carbocycles. The first-order chi connectivity index (χ1) is 7.05. The van der Waals surface area contributed by atoms with Gasteiger partial charge in [-0.3, -0.25) is 0 Å². The van der Waals surface area contributed by atoms with E-state index in [-0.39, 0.29) is 0 Å². The molecule has 1 aromatic carbocycles. The average molecular weight is 206 g/mol. The number of ether oxygens (including phenoxy) is 1. The molecular weight excluding hydrogens is 188 g/mol. The van der Waals surface area contributed by atoms with Crippen LogP contribution in [0.4, 0.5) is 0 Å². The summed E-state index contributed by atoms with van der Waals surface area (Å²) in [5, 5.41) is 10.4. The number of rotatable bonds is 3.